The molecule has 3 aromatic carbocycles. The van der Waals surface area contributed by atoms with E-state index in [0.717, 1.165) is 205 Å². The number of aryl methyl sites for hydroxylation is 3. The molecule has 0 radical (unpaired) electrons. The summed E-state index contributed by atoms with van der Waals surface area (Å²) in [6.07, 6.45) is 23.3. The van der Waals surface area contributed by atoms with Crippen molar-refractivity contribution >= 4 is 17.1 Å². The van der Waals surface area contributed by atoms with Gasteiger partial charge in [-0.25, -0.2) is 0 Å². The molecule has 16 fully saturated rings. The smallest absolute Gasteiger partial charge is 2.00 e. The molecule has 12 aliphatic carbocycles. The van der Waals surface area contributed by atoms with Crippen molar-refractivity contribution in [2.75, 3.05) is 158 Å². The molecule has 0 aromatic heterocycles. The summed E-state index contributed by atoms with van der Waals surface area (Å²) in [5.41, 5.74) is 10.3. The number of rotatable bonds is 9. The predicted octanol–water partition coefficient (Wildman–Crippen LogP) is 3.56. The average molecular weight is 1620 g/mol. The number of ether oxygens (including phenoxy) is 6. The van der Waals surface area contributed by atoms with E-state index < -0.39 is 0 Å². The summed E-state index contributed by atoms with van der Waals surface area (Å²) < 4.78 is 34.4. The maximum atomic E-state index is 14.9. The van der Waals surface area contributed by atoms with Crippen molar-refractivity contribution in [2.24, 2.45) is 53.3 Å². The van der Waals surface area contributed by atoms with E-state index in [2.05, 4.69) is 71.9 Å². The van der Waals surface area contributed by atoms with Gasteiger partial charge in [0.25, 0.3) is 0 Å². The molecule has 12 saturated carbocycles. The molecule has 14 nitrogen and oxygen atoms in total. The van der Waals surface area contributed by atoms with Gasteiger partial charge < -0.3 is 70.6 Å². The Kier molecular flexibility index (Phi) is 27.7. The summed E-state index contributed by atoms with van der Waals surface area (Å²) in [5.74, 6) is 8.14. The monoisotopic (exact) mass is 1620 g/mol. The molecule has 16 aliphatic rings. The number of nitrogens with zero attached hydrogens (tertiary/aromatic N) is 3. The van der Waals surface area contributed by atoms with Gasteiger partial charge in [-0.3, -0.25) is 14.7 Å². The van der Waals surface area contributed by atoms with Gasteiger partial charge in [0.05, 0.1) is 79.3 Å². The normalized spacial score (nSPS) is 35.7. The SMILES string of the molecule is C1COCC[NH+]2CCOCCOCC[NH+](CCO1)CCOCCOCC2.Cc1cc(CN2CCN(Cc3cc(C)cc(C45CC6CC(CC(C6)C4)C5)c3[O-])CCN(Cc3cc(C)cc(C45CC6CC(CC(C6)C4)C5)c3[O-])CC2)c([O-])c(C23CC4CC(CC(C4)C2)C3)c1.[K+].[Se-2].[U+4]. The largest absolute Gasteiger partial charge is 4.00 e. The fraction of sp³-hybridized carbons (Fsp3) is 0.769. The molecule has 4 aliphatic heterocycles. The Balaban J connectivity index is 0.000000270. The molecule has 0 spiro atoms. The second-order valence-electron chi connectivity index (χ2n) is 33.0. The fourth-order valence-electron chi connectivity index (χ4n) is 22.8. The molecule has 14 bridgehead atoms. The maximum Gasteiger partial charge on any atom is 4.00 e. The van der Waals surface area contributed by atoms with Crippen LogP contribution in [-0.2, 0) is 64.3 Å². The molecular formula is C78H116KN5O9SeU+2. The standard InChI is InChI=1S/C60H81N3O3.C18H36N2O6.K.Se.U/c1-37-10-49(55(64)52(13-37)58-25-40-16-41(26-58)18-42(17-40)27-58)34-61-4-6-62(35-50-11-38(2)14-53(56(50)65)59-28-43-19-44(29-59)21-45(20-43)30-59)8-9-63(7-5-61)36-51-12-39(3)15-54(57(51)66)60-31-46-22-47(32-60)24-48(23-46)33-60;1-7-21-13-14-24-10-4-20-5-11-25-17-15-22-8-2-19(1)3-9-23-16-18-26-12-6-20;;;/h10-15,40-48,64-66H,4-9,16-36H2,1-3H3;1-18H2;;;/q;;+1;-2;+4/p-1. The van der Waals surface area contributed by atoms with Gasteiger partial charge in [-0.05, 0) is 239 Å². The molecule has 4 heterocycles. The summed E-state index contributed by atoms with van der Waals surface area (Å²) >= 11 is 0. The van der Waals surface area contributed by atoms with E-state index in [9.17, 15) is 15.3 Å². The first-order valence-electron chi connectivity index (χ1n) is 37.5. The zero-order chi connectivity index (χ0) is 62.8. The van der Waals surface area contributed by atoms with Crippen molar-refractivity contribution in [1.29, 1.82) is 0 Å². The van der Waals surface area contributed by atoms with Crippen LogP contribution >= 0.6 is 0 Å². The molecule has 19 rings (SSSR count). The molecule has 516 valence electrons. The zero-order valence-corrected chi connectivity index (χ0v) is 67.9. The Labute approximate surface area is 648 Å². The molecule has 4 saturated heterocycles. The van der Waals surface area contributed by atoms with Crippen LogP contribution in [0.25, 0.3) is 0 Å². The number of nitrogens with one attached hydrogen (secondary N) is 2. The molecule has 0 atom stereocenters. The van der Waals surface area contributed by atoms with Crippen LogP contribution in [0.1, 0.15) is 166 Å². The number of benzene rings is 3. The van der Waals surface area contributed by atoms with Crippen molar-refractivity contribution in [3.63, 3.8) is 0 Å². The van der Waals surface area contributed by atoms with Crippen LogP contribution in [-0.4, -0.2) is 190 Å². The fourth-order valence-corrected chi connectivity index (χ4v) is 22.8. The van der Waals surface area contributed by atoms with Crippen LogP contribution in [0.4, 0.5) is 0 Å². The molecule has 0 unspecified atom stereocenters. The van der Waals surface area contributed by atoms with E-state index in [1.165, 1.54) is 142 Å². The third kappa shape index (κ3) is 18.5. The molecular weight excluding hydrogens is 1510 g/mol. The van der Waals surface area contributed by atoms with Gasteiger partial charge in [0, 0.05) is 58.9 Å². The predicted molar refractivity (Wildman–Crippen MR) is 359 cm³/mol. The van der Waals surface area contributed by atoms with Crippen molar-refractivity contribution in [1.82, 2.24) is 14.7 Å². The van der Waals surface area contributed by atoms with Gasteiger partial charge in [-0.15, -0.1) is 17.2 Å². The van der Waals surface area contributed by atoms with Crippen molar-refractivity contribution < 1.29 is 136 Å². The first-order chi connectivity index (χ1) is 44.8. The number of hydrogen-bond acceptors (Lipinski definition) is 12. The Morgan fingerprint density at radius 3 is 0.716 bits per heavy atom. The second-order valence-corrected chi connectivity index (χ2v) is 33.0. The van der Waals surface area contributed by atoms with Crippen molar-refractivity contribution in [3.05, 3.63) is 86.5 Å². The van der Waals surface area contributed by atoms with Gasteiger partial charge in [0.15, 0.2) is 0 Å². The van der Waals surface area contributed by atoms with E-state index in [1.807, 2.05) is 0 Å². The summed E-state index contributed by atoms with van der Waals surface area (Å²) in [6, 6.07) is 13.5. The van der Waals surface area contributed by atoms with E-state index >= 15 is 0 Å². The summed E-state index contributed by atoms with van der Waals surface area (Å²) in [6.45, 7) is 27.8. The van der Waals surface area contributed by atoms with Gasteiger partial charge >= 0.3 is 82.5 Å². The van der Waals surface area contributed by atoms with Gasteiger partial charge in [-0.1, -0.05) is 53.1 Å². The van der Waals surface area contributed by atoms with Crippen LogP contribution in [0.5, 0.6) is 17.2 Å². The van der Waals surface area contributed by atoms with E-state index in [4.69, 9.17) is 28.4 Å². The second kappa shape index (κ2) is 34.6. The Hall–Kier alpha value is -0.172. The Bertz CT molecular complexity index is 2520. The zero-order valence-electron chi connectivity index (χ0n) is 58.9. The molecule has 17 heteroatoms. The minimum Gasteiger partial charge on any atom is -2.00 e. The molecule has 0 amide bonds. The quantitative estimate of drug-likeness (QED) is 0.303. The van der Waals surface area contributed by atoms with Gasteiger partial charge in [0.1, 0.15) is 39.3 Å². The molecule has 3 aromatic rings. The average Bonchev–Trinajstić information content (AvgIpc) is 0.782. The topological polar surface area (TPSA) is 143 Å². The molecule has 2 N–H and O–H groups in total. The Morgan fingerprint density at radius 1 is 0.337 bits per heavy atom. The summed E-state index contributed by atoms with van der Waals surface area (Å²) in [5, 5.41) is 44.7. The Morgan fingerprint density at radius 2 is 0.526 bits per heavy atom. The van der Waals surface area contributed by atoms with Crippen LogP contribution in [0, 0.1) is 105 Å². The minimum atomic E-state index is 0. The number of quaternary nitrogens is 2. The summed E-state index contributed by atoms with van der Waals surface area (Å²) in [7, 11) is 0. The van der Waals surface area contributed by atoms with Gasteiger partial charge in [-0.2, -0.15) is 0 Å². The van der Waals surface area contributed by atoms with Crippen molar-refractivity contribution in [2.45, 2.75) is 172 Å². The minimum absolute atomic E-state index is 0. The third-order valence-corrected chi connectivity index (χ3v) is 25.9. The first kappa shape index (κ1) is 76.0. The van der Waals surface area contributed by atoms with Gasteiger partial charge in [0.2, 0.25) is 0 Å². The van der Waals surface area contributed by atoms with Crippen LogP contribution in [0.15, 0.2) is 36.4 Å². The number of hydrogen-bond donors (Lipinski definition) is 2. The van der Waals surface area contributed by atoms with E-state index in [-0.39, 0.29) is 116 Å². The maximum absolute atomic E-state index is 14.9. The number of fused-ring (bicyclic) bond motifs is 21. The van der Waals surface area contributed by atoms with Crippen LogP contribution in [0.3, 0.4) is 0 Å². The van der Waals surface area contributed by atoms with Crippen molar-refractivity contribution in [3.8, 4) is 17.2 Å². The summed E-state index contributed by atoms with van der Waals surface area (Å²) in [4.78, 5) is 10.5. The van der Waals surface area contributed by atoms with Crippen LogP contribution < -0.4 is 76.5 Å². The third-order valence-electron chi connectivity index (χ3n) is 25.9. The molecule has 95 heavy (non-hydrogen) atoms. The van der Waals surface area contributed by atoms with E-state index in [1.54, 1.807) is 0 Å². The van der Waals surface area contributed by atoms with E-state index in [0.29, 0.717) is 76.5 Å². The first-order valence-corrected chi connectivity index (χ1v) is 37.5. The van der Waals surface area contributed by atoms with Crippen LogP contribution in [0.2, 0.25) is 0 Å².